The maximum atomic E-state index is 12.3. The average molecular weight is 512 g/mol. The Hall–Kier alpha value is -3.42. The number of rotatable bonds is 6. The van der Waals surface area contributed by atoms with Gasteiger partial charge in [-0.15, -0.1) is 0 Å². The second kappa shape index (κ2) is 9.38. The minimum absolute atomic E-state index is 0.228. The van der Waals surface area contributed by atoms with Gasteiger partial charge in [-0.25, -0.2) is 4.98 Å². The molecule has 3 aromatic carbocycles. The fraction of sp³-hybridized carbons (Fsp3) is 0.0417. The Balaban J connectivity index is 1.54. The number of aromatic nitrogens is 1. The number of nitrogens with one attached hydrogen (secondary N) is 1. The van der Waals surface area contributed by atoms with Crippen molar-refractivity contribution >= 4 is 62.3 Å². The predicted octanol–water partition coefficient (Wildman–Crippen LogP) is 6.11. The Kier molecular flexibility index (Phi) is 6.39. The number of hydrogen-bond donors (Lipinski definition) is 2. The van der Waals surface area contributed by atoms with Crippen molar-refractivity contribution in [3.05, 3.63) is 99.3 Å². The minimum Gasteiger partial charge on any atom is -0.481 e. The lowest BCUT2D eigenvalue weighted by atomic mass is 9.91. The van der Waals surface area contributed by atoms with Gasteiger partial charge >= 0.3 is 5.97 Å². The second-order valence-corrected chi connectivity index (χ2v) is 8.29. The first-order valence-electron chi connectivity index (χ1n) is 9.51. The van der Waals surface area contributed by atoms with Crippen LogP contribution in [0.25, 0.3) is 17.2 Å². The molecule has 0 fully saturated rings. The van der Waals surface area contributed by atoms with E-state index in [0.717, 1.165) is 10.0 Å². The topological polar surface area (TPSA) is 92.4 Å². The molecule has 1 amide bonds. The van der Waals surface area contributed by atoms with E-state index in [0.29, 0.717) is 27.9 Å². The van der Waals surface area contributed by atoms with Crippen LogP contribution in [0.15, 0.2) is 82.0 Å². The lowest BCUT2D eigenvalue weighted by Crippen LogP contribution is -2.14. The van der Waals surface area contributed by atoms with Gasteiger partial charge < -0.3 is 14.8 Å². The Morgan fingerprint density at radius 3 is 2.72 bits per heavy atom. The van der Waals surface area contributed by atoms with E-state index in [1.165, 1.54) is 18.5 Å². The first-order chi connectivity index (χ1) is 15.4. The van der Waals surface area contributed by atoms with Crippen molar-refractivity contribution in [3.8, 4) is 0 Å². The van der Waals surface area contributed by atoms with Crippen molar-refractivity contribution in [1.82, 2.24) is 4.98 Å². The quantitative estimate of drug-likeness (QED) is 0.305. The number of anilines is 1. The molecule has 1 aromatic heterocycles. The molecule has 1 unspecified atom stereocenters. The third kappa shape index (κ3) is 4.90. The number of carbonyl (C=O) groups excluding carboxylic acids is 1. The Bertz CT molecular complexity index is 1350. The number of carboxylic acid groups (broad SMARTS) is 1. The molecule has 0 radical (unpaired) electrons. The standard InChI is InChI=1S/C24H16BrClN2O4/c25-16-3-1-2-14(10-16)4-9-22(29)28-17-6-7-18(19(26)12-17)23(24(30)31)15-5-8-21-20(11-15)27-13-32-21/h1-13,23H,(H,28,29)(H,30,31). The molecular formula is C24H16BrClN2O4. The van der Waals surface area contributed by atoms with Crippen molar-refractivity contribution in [2.24, 2.45) is 0 Å². The Morgan fingerprint density at radius 1 is 1.12 bits per heavy atom. The highest BCUT2D eigenvalue weighted by molar-refractivity contribution is 9.10. The smallest absolute Gasteiger partial charge is 0.315 e. The molecule has 0 aliphatic heterocycles. The fourth-order valence-corrected chi connectivity index (χ4v) is 4.02. The number of halogens is 2. The summed E-state index contributed by atoms with van der Waals surface area (Å²) >= 11 is 9.80. The van der Waals surface area contributed by atoms with E-state index < -0.39 is 11.9 Å². The third-order valence-corrected chi connectivity index (χ3v) is 5.61. The third-order valence-electron chi connectivity index (χ3n) is 4.79. The normalized spacial score (nSPS) is 12.2. The first kappa shape index (κ1) is 21.8. The van der Waals surface area contributed by atoms with Crippen molar-refractivity contribution in [1.29, 1.82) is 0 Å². The highest BCUT2D eigenvalue weighted by Gasteiger charge is 2.25. The van der Waals surface area contributed by atoms with E-state index in [4.69, 9.17) is 16.0 Å². The van der Waals surface area contributed by atoms with Gasteiger partial charge in [0.15, 0.2) is 12.0 Å². The monoisotopic (exact) mass is 510 g/mol. The summed E-state index contributed by atoms with van der Waals surface area (Å²) in [4.78, 5) is 28.4. The van der Waals surface area contributed by atoms with E-state index in [-0.39, 0.29) is 10.9 Å². The summed E-state index contributed by atoms with van der Waals surface area (Å²) in [5, 5.41) is 12.8. The SMILES string of the molecule is O=C(C=Cc1cccc(Br)c1)Nc1ccc(C(C(=O)O)c2ccc3ocnc3c2)c(Cl)c1. The van der Waals surface area contributed by atoms with Gasteiger partial charge in [0, 0.05) is 21.3 Å². The van der Waals surface area contributed by atoms with E-state index in [2.05, 4.69) is 26.2 Å². The van der Waals surface area contributed by atoms with Crippen molar-refractivity contribution in [2.75, 3.05) is 5.32 Å². The first-order valence-corrected chi connectivity index (χ1v) is 10.7. The van der Waals surface area contributed by atoms with Crippen LogP contribution in [0.4, 0.5) is 5.69 Å². The van der Waals surface area contributed by atoms with Crippen LogP contribution in [0.2, 0.25) is 5.02 Å². The average Bonchev–Trinajstić information content (AvgIpc) is 3.22. The van der Waals surface area contributed by atoms with Crippen LogP contribution in [0, 0.1) is 0 Å². The van der Waals surface area contributed by atoms with Crippen LogP contribution in [0.1, 0.15) is 22.6 Å². The van der Waals surface area contributed by atoms with E-state index >= 15 is 0 Å². The number of nitrogens with zero attached hydrogens (tertiary/aromatic N) is 1. The molecule has 0 saturated carbocycles. The van der Waals surface area contributed by atoms with Crippen molar-refractivity contribution in [3.63, 3.8) is 0 Å². The molecule has 32 heavy (non-hydrogen) atoms. The molecule has 4 aromatic rings. The van der Waals surface area contributed by atoms with Gasteiger partial charge in [0.1, 0.15) is 11.4 Å². The summed E-state index contributed by atoms with van der Waals surface area (Å²) in [6.45, 7) is 0. The van der Waals surface area contributed by atoms with Crippen LogP contribution in [0.3, 0.4) is 0 Å². The summed E-state index contributed by atoms with van der Waals surface area (Å²) in [5.74, 6) is -2.38. The number of benzene rings is 3. The van der Waals surface area contributed by atoms with Gasteiger partial charge in [-0.1, -0.05) is 51.8 Å². The highest BCUT2D eigenvalue weighted by Crippen LogP contribution is 2.33. The number of amides is 1. The number of fused-ring (bicyclic) bond motifs is 1. The zero-order valence-electron chi connectivity index (χ0n) is 16.5. The van der Waals surface area contributed by atoms with Crippen LogP contribution in [-0.2, 0) is 9.59 Å². The van der Waals surface area contributed by atoms with Gasteiger partial charge in [-0.05, 0) is 59.2 Å². The van der Waals surface area contributed by atoms with Gasteiger partial charge in [0.25, 0.3) is 0 Å². The van der Waals surface area contributed by atoms with Crippen molar-refractivity contribution in [2.45, 2.75) is 5.92 Å². The molecular weight excluding hydrogens is 496 g/mol. The molecule has 0 aliphatic carbocycles. The molecule has 0 saturated heterocycles. The highest BCUT2D eigenvalue weighted by atomic mass is 79.9. The molecule has 0 aliphatic rings. The van der Waals surface area contributed by atoms with Crippen LogP contribution in [0.5, 0.6) is 0 Å². The number of hydrogen-bond acceptors (Lipinski definition) is 4. The molecule has 0 bridgehead atoms. The lowest BCUT2D eigenvalue weighted by Gasteiger charge is -2.16. The molecule has 6 nitrogen and oxygen atoms in total. The van der Waals surface area contributed by atoms with Crippen molar-refractivity contribution < 1.29 is 19.1 Å². The van der Waals surface area contributed by atoms with E-state index in [1.807, 2.05) is 24.3 Å². The van der Waals surface area contributed by atoms with Gasteiger partial charge in [0.05, 0.1) is 0 Å². The molecule has 160 valence electrons. The van der Waals surface area contributed by atoms with Crippen LogP contribution in [-0.4, -0.2) is 22.0 Å². The molecule has 0 spiro atoms. The van der Waals surface area contributed by atoms with Gasteiger partial charge in [-0.3, -0.25) is 9.59 Å². The lowest BCUT2D eigenvalue weighted by molar-refractivity contribution is -0.137. The molecule has 1 atom stereocenters. The molecule has 2 N–H and O–H groups in total. The number of aliphatic carboxylic acids is 1. The maximum absolute atomic E-state index is 12.3. The molecule has 8 heteroatoms. The minimum atomic E-state index is -1.05. The Morgan fingerprint density at radius 2 is 1.97 bits per heavy atom. The largest absolute Gasteiger partial charge is 0.481 e. The predicted molar refractivity (Wildman–Crippen MR) is 127 cm³/mol. The second-order valence-electron chi connectivity index (χ2n) is 6.96. The Labute approximate surface area is 196 Å². The molecule has 1 heterocycles. The van der Waals surface area contributed by atoms with Crippen LogP contribution < -0.4 is 5.32 Å². The van der Waals surface area contributed by atoms with Gasteiger partial charge in [0.2, 0.25) is 5.91 Å². The zero-order chi connectivity index (χ0) is 22.7. The fourth-order valence-electron chi connectivity index (χ4n) is 3.31. The van der Waals surface area contributed by atoms with E-state index in [9.17, 15) is 14.7 Å². The summed E-state index contributed by atoms with van der Waals surface area (Å²) in [6, 6.07) is 17.3. The summed E-state index contributed by atoms with van der Waals surface area (Å²) in [7, 11) is 0. The van der Waals surface area contributed by atoms with E-state index in [1.54, 1.807) is 36.4 Å². The number of carboxylic acids is 1. The zero-order valence-corrected chi connectivity index (χ0v) is 18.8. The summed E-state index contributed by atoms with van der Waals surface area (Å²) in [5.41, 5.74) is 3.39. The summed E-state index contributed by atoms with van der Waals surface area (Å²) < 4.78 is 6.13. The maximum Gasteiger partial charge on any atom is 0.315 e. The van der Waals surface area contributed by atoms with Crippen LogP contribution >= 0.6 is 27.5 Å². The van der Waals surface area contributed by atoms with Gasteiger partial charge in [-0.2, -0.15) is 0 Å². The number of carbonyl (C=O) groups is 2. The number of oxazole rings is 1. The summed E-state index contributed by atoms with van der Waals surface area (Å²) in [6.07, 6.45) is 4.41. The molecule has 4 rings (SSSR count).